The fourth-order valence-corrected chi connectivity index (χ4v) is 2.10. The van der Waals surface area contributed by atoms with Crippen LogP contribution in [0.2, 0.25) is 0 Å². The van der Waals surface area contributed by atoms with Crippen molar-refractivity contribution in [3.05, 3.63) is 34.9 Å². The van der Waals surface area contributed by atoms with E-state index in [9.17, 15) is 0 Å². The van der Waals surface area contributed by atoms with Crippen molar-refractivity contribution in [3.8, 4) is 5.75 Å². The molecule has 0 spiro atoms. The Morgan fingerprint density at radius 2 is 2.00 bits per heavy atom. The summed E-state index contributed by atoms with van der Waals surface area (Å²) in [5.41, 5.74) is 3.70. The number of methoxy groups -OCH3 is 1. The largest absolute Gasteiger partial charge is 0.496 e. The van der Waals surface area contributed by atoms with Gasteiger partial charge in [-0.2, -0.15) is 0 Å². The van der Waals surface area contributed by atoms with Crippen LogP contribution in [-0.2, 0) is 0 Å². The van der Waals surface area contributed by atoms with E-state index in [2.05, 4.69) is 57.3 Å². The third kappa shape index (κ3) is 5.48. The smallest absolute Gasteiger partial charge is 0.126 e. The molecule has 1 aromatic carbocycles. The van der Waals surface area contributed by atoms with Crippen LogP contribution in [0.15, 0.2) is 18.2 Å². The number of hydrogen-bond acceptors (Lipinski definition) is 2. The molecule has 0 aliphatic carbocycles. The van der Waals surface area contributed by atoms with Gasteiger partial charge in [0, 0.05) is 5.56 Å². The average molecular weight is 261 g/mol. The Morgan fingerprint density at radius 3 is 2.63 bits per heavy atom. The third-order valence-electron chi connectivity index (χ3n) is 3.04. The van der Waals surface area contributed by atoms with Crippen LogP contribution in [0.25, 0.3) is 6.08 Å². The molecule has 106 valence electrons. The van der Waals surface area contributed by atoms with Crippen molar-refractivity contribution >= 4 is 6.08 Å². The molecule has 0 amide bonds. The first-order chi connectivity index (χ1) is 9.04. The van der Waals surface area contributed by atoms with E-state index in [0.29, 0.717) is 5.92 Å². The zero-order valence-corrected chi connectivity index (χ0v) is 12.9. The van der Waals surface area contributed by atoms with Gasteiger partial charge in [0.15, 0.2) is 0 Å². The highest BCUT2D eigenvalue weighted by atomic mass is 16.5. The second kappa shape index (κ2) is 8.00. The highest BCUT2D eigenvalue weighted by Gasteiger charge is 2.04. The van der Waals surface area contributed by atoms with E-state index < -0.39 is 0 Å². The molecule has 1 rings (SSSR count). The lowest BCUT2D eigenvalue weighted by Crippen LogP contribution is -2.20. The maximum absolute atomic E-state index is 5.45. The van der Waals surface area contributed by atoms with Gasteiger partial charge in [0.05, 0.1) is 7.11 Å². The Bertz CT molecular complexity index is 422. The van der Waals surface area contributed by atoms with Crippen LogP contribution < -0.4 is 10.1 Å². The molecule has 0 aliphatic heterocycles. The Kier molecular flexibility index (Phi) is 6.65. The maximum Gasteiger partial charge on any atom is 0.126 e. The summed E-state index contributed by atoms with van der Waals surface area (Å²) in [6.45, 7) is 10.8. The van der Waals surface area contributed by atoms with Gasteiger partial charge in [-0.3, -0.25) is 0 Å². The van der Waals surface area contributed by atoms with Gasteiger partial charge in [-0.15, -0.1) is 0 Å². The zero-order chi connectivity index (χ0) is 14.3. The van der Waals surface area contributed by atoms with Crippen molar-refractivity contribution in [3.63, 3.8) is 0 Å². The summed E-state index contributed by atoms with van der Waals surface area (Å²) in [6.07, 6.45) is 5.43. The Morgan fingerprint density at radius 1 is 1.26 bits per heavy atom. The van der Waals surface area contributed by atoms with Gasteiger partial charge in [-0.25, -0.2) is 0 Å². The highest BCUT2D eigenvalue weighted by Crippen LogP contribution is 2.25. The summed E-state index contributed by atoms with van der Waals surface area (Å²) < 4.78 is 5.45. The Balaban J connectivity index is 2.56. The molecule has 2 nitrogen and oxygen atoms in total. The van der Waals surface area contributed by atoms with Crippen molar-refractivity contribution in [2.45, 2.75) is 34.1 Å². The molecule has 0 fully saturated rings. The second-order valence-electron chi connectivity index (χ2n) is 5.49. The first kappa shape index (κ1) is 15.8. The van der Waals surface area contributed by atoms with E-state index >= 15 is 0 Å². The van der Waals surface area contributed by atoms with Crippen LogP contribution in [0.5, 0.6) is 5.75 Å². The van der Waals surface area contributed by atoms with Crippen molar-refractivity contribution in [1.29, 1.82) is 0 Å². The molecular weight excluding hydrogens is 234 g/mol. The monoisotopic (exact) mass is 261 g/mol. The Labute approximate surface area is 117 Å². The fraction of sp³-hybridized carbons (Fsp3) is 0.529. The average Bonchev–Trinajstić information content (AvgIpc) is 2.34. The van der Waals surface area contributed by atoms with Gasteiger partial charge in [0.25, 0.3) is 0 Å². The summed E-state index contributed by atoms with van der Waals surface area (Å²) in [5, 5.41) is 3.44. The zero-order valence-electron chi connectivity index (χ0n) is 12.9. The molecule has 0 heterocycles. The fourth-order valence-electron chi connectivity index (χ4n) is 2.10. The molecule has 0 unspecified atom stereocenters. The van der Waals surface area contributed by atoms with E-state index in [1.807, 2.05) is 0 Å². The molecule has 0 aromatic heterocycles. The minimum atomic E-state index is 0.711. The molecule has 0 saturated carbocycles. The van der Waals surface area contributed by atoms with Gasteiger partial charge >= 0.3 is 0 Å². The van der Waals surface area contributed by atoms with E-state index in [1.54, 1.807) is 7.11 Å². The van der Waals surface area contributed by atoms with E-state index in [4.69, 9.17) is 4.74 Å². The normalized spacial score (nSPS) is 11.5. The predicted octanol–water partition coefficient (Wildman–Crippen LogP) is 3.96. The standard InChI is InChI=1S/C17H27NO/c1-13(2)12-18-9-7-6-8-16-15(4)10-14(3)11-17(16)19-5/h6,8,10-11,13,18H,7,9,12H2,1-5H3/b8-6+. The van der Waals surface area contributed by atoms with E-state index in [-0.39, 0.29) is 0 Å². The SMILES string of the molecule is COc1cc(C)cc(C)c1/C=C/CCNCC(C)C. The molecule has 0 atom stereocenters. The van der Waals surface area contributed by atoms with Crippen LogP contribution >= 0.6 is 0 Å². The number of nitrogens with one attached hydrogen (secondary N) is 1. The number of benzene rings is 1. The lowest BCUT2D eigenvalue weighted by molar-refractivity contribution is 0.413. The molecule has 2 heteroatoms. The summed E-state index contributed by atoms with van der Waals surface area (Å²) >= 11 is 0. The van der Waals surface area contributed by atoms with Crippen LogP contribution in [0.1, 0.15) is 37.0 Å². The predicted molar refractivity (Wildman–Crippen MR) is 83.8 cm³/mol. The van der Waals surface area contributed by atoms with Crippen molar-refractivity contribution in [2.24, 2.45) is 5.92 Å². The van der Waals surface area contributed by atoms with Gasteiger partial charge in [0.2, 0.25) is 0 Å². The van der Waals surface area contributed by atoms with E-state index in [1.165, 1.54) is 16.7 Å². The third-order valence-corrected chi connectivity index (χ3v) is 3.04. The van der Waals surface area contributed by atoms with Crippen LogP contribution in [0.4, 0.5) is 0 Å². The van der Waals surface area contributed by atoms with Gasteiger partial charge in [-0.1, -0.05) is 32.1 Å². The van der Waals surface area contributed by atoms with Crippen molar-refractivity contribution in [1.82, 2.24) is 5.32 Å². The number of ether oxygens (including phenoxy) is 1. The lowest BCUT2D eigenvalue weighted by atomic mass is 10.0. The second-order valence-corrected chi connectivity index (χ2v) is 5.49. The summed E-state index contributed by atoms with van der Waals surface area (Å²) in [4.78, 5) is 0. The van der Waals surface area contributed by atoms with Crippen LogP contribution in [0, 0.1) is 19.8 Å². The molecule has 1 aromatic rings. The number of hydrogen-bond donors (Lipinski definition) is 1. The molecule has 0 bridgehead atoms. The topological polar surface area (TPSA) is 21.3 Å². The summed E-state index contributed by atoms with van der Waals surface area (Å²) in [5.74, 6) is 1.67. The van der Waals surface area contributed by atoms with E-state index in [0.717, 1.165) is 25.3 Å². The highest BCUT2D eigenvalue weighted by molar-refractivity contribution is 5.62. The molecule has 1 N–H and O–H groups in total. The molecule has 0 radical (unpaired) electrons. The minimum absolute atomic E-state index is 0.711. The first-order valence-electron chi connectivity index (χ1n) is 7.07. The molecule has 19 heavy (non-hydrogen) atoms. The summed E-state index contributed by atoms with van der Waals surface area (Å²) in [7, 11) is 1.73. The minimum Gasteiger partial charge on any atom is -0.496 e. The molecular formula is C17H27NO. The van der Waals surface area contributed by atoms with Gasteiger partial charge < -0.3 is 10.1 Å². The van der Waals surface area contributed by atoms with Crippen LogP contribution in [0.3, 0.4) is 0 Å². The lowest BCUT2D eigenvalue weighted by Gasteiger charge is -2.10. The number of rotatable bonds is 7. The van der Waals surface area contributed by atoms with Crippen molar-refractivity contribution in [2.75, 3.05) is 20.2 Å². The Hall–Kier alpha value is -1.28. The van der Waals surface area contributed by atoms with Crippen LogP contribution in [-0.4, -0.2) is 20.2 Å². The molecule has 0 aliphatic rings. The number of aryl methyl sites for hydroxylation is 2. The van der Waals surface area contributed by atoms with Gasteiger partial charge in [-0.05, 0) is 56.5 Å². The maximum atomic E-state index is 5.45. The quantitative estimate of drug-likeness (QED) is 0.750. The van der Waals surface area contributed by atoms with Gasteiger partial charge in [0.1, 0.15) is 5.75 Å². The van der Waals surface area contributed by atoms with Crippen molar-refractivity contribution < 1.29 is 4.74 Å². The first-order valence-corrected chi connectivity index (χ1v) is 7.07. The molecule has 0 saturated heterocycles. The summed E-state index contributed by atoms with van der Waals surface area (Å²) in [6, 6.07) is 4.28.